The van der Waals surface area contributed by atoms with Crippen molar-refractivity contribution < 1.29 is 4.79 Å². The number of nitrogens with two attached hydrogens (primary N) is 1. The molecule has 2 heteroatoms. The monoisotopic (exact) mass is 189 g/mol. The molecule has 1 aliphatic carbocycles. The molecule has 0 spiro atoms. The summed E-state index contributed by atoms with van der Waals surface area (Å²) in [4.78, 5) is 11.1. The molecule has 0 radical (unpaired) electrons. The van der Waals surface area contributed by atoms with Gasteiger partial charge in [-0.3, -0.25) is 4.79 Å². The van der Waals surface area contributed by atoms with Crippen LogP contribution < -0.4 is 5.73 Å². The third kappa shape index (κ3) is 2.13. The van der Waals surface area contributed by atoms with Crippen LogP contribution in [0.15, 0.2) is 24.3 Å². The highest BCUT2D eigenvalue weighted by atomic mass is 16.1. The molecule has 2 nitrogen and oxygen atoms in total. The topological polar surface area (TPSA) is 43.1 Å². The first-order valence-corrected chi connectivity index (χ1v) is 5.15. The molecular formula is C12H15NO. The van der Waals surface area contributed by atoms with Gasteiger partial charge in [0, 0.05) is 5.56 Å². The lowest BCUT2D eigenvalue weighted by molar-refractivity contribution is 0.0999. The van der Waals surface area contributed by atoms with E-state index in [0.717, 1.165) is 17.9 Å². The Morgan fingerprint density at radius 2 is 2.07 bits per heavy atom. The molecule has 14 heavy (non-hydrogen) atoms. The summed E-state index contributed by atoms with van der Waals surface area (Å²) >= 11 is 0. The fourth-order valence-electron chi connectivity index (χ4n) is 1.74. The Bertz CT molecular complexity index is 342. The minimum Gasteiger partial charge on any atom is -0.366 e. The Labute approximate surface area is 84.1 Å². The molecule has 2 rings (SSSR count). The van der Waals surface area contributed by atoms with Gasteiger partial charge < -0.3 is 5.73 Å². The first-order chi connectivity index (χ1) is 6.77. The van der Waals surface area contributed by atoms with Gasteiger partial charge in [0.15, 0.2) is 0 Å². The number of hydrogen-bond donors (Lipinski definition) is 1. The zero-order chi connectivity index (χ0) is 9.97. The smallest absolute Gasteiger partial charge is 0.248 e. The highest BCUT2D eigenvalue weighted by Crippen LogP contribution is 2.33. The highest BCUT2D eigenvalue weighted by molar-refractivity contribution is 5.94. The van der Waals surface area contributed by atoms with Crippen LogP contribution in [0.1, 0.15) is 35.2 Å². The van der Waals surface area contributed by atoms with Crippen molar-refractivity contribution in [3.8, 4) is 0 Å². The van der Waals surface area contributed by atoms with Crippen molar-refractivity contribution in [2.75, 3.05) is 0 Å². The zero-order valence-electron chi connectivity index (χ0n) is 8.20. The number of carbonyl (C=O) groups is 1. The summed E-state index contributed by atoms with van der Waals surface area (Å²) in [5.74, 6) is 0.590. The van der Waals surface area contributed by atoms with Crippen LogP contribution in [-0.2, 0) is 6.42 Å². The molecule has 1 fully saturated rings. The second-order valence-electron chi connectivity index (χ2n) is 4.00. The molecule has 1 aromatic carbocycles. The molecule has 1 amide bonds. The molecule has 0 aliphatic heterocycles. The van der Waals surface area contributed by atoms with Crippen molar-refractivity contribution in [1.29, 1.82) is 0 Å². The van der Waals surface area contributed by atoms with Crippen molar-refractivity contribution in [1.82, 2.24) is 0 Å². The molecule has 1 saturated carbocycles. The predicted octanol–water partition coefficient (Wildman–Crippen LogP) is 2.13. The largest absolute Gasteiger partial charge is 0.366 e. The van der Waals surface area contributed by atoms with Crippen molar-refractivity contribution in [2.24, 2.45) is 11.7 Å². The maximum Gasteiger partial charge on any atom is 0.248 e. The van der Waals surface area contributed by atoms with Crippen LogP contribution in [0.3, 0.4) is 0 Å². The van der Waals surface area contributed by atoms with Crippen LogP contribution in [0.4, 0.5) is 0 Å². The van der Waals surface area contributed by atoms with E-state index in [-0.39, 0.29) is 5.91 Å². The van der Waals surface area contributed by atoms with E-state index in [0.29, 0.717) is 5.56 Å². The first kappa shape index (κ1) is 9.25. The molecule has 1 aromatic rings. The summed E-state index contributed by atoms with van der Waals surface area (Å²) < 4.78 is 0. The predicted molar refractivity (Wildman–Crippen MR) is 56.0 cm³/mol. The first-order valence-electron chi connectivity index (χ1n) is 5.15. The summed E-state index contributed by atoms with van der Waals surface area (Å²) in [6.45, 7) is 0. The lowest BCUT2D eigenvalue weighted by Gasteiger charge is -2.05. The minimum absolute atomic E-state index is 0.309. The maximum atomic E-state index is 11.1. The third-order valence-electron chi connectivity index (χ3n) is 2.80. The molecular weight excluding hydrogens is 174 g/mol. The quantitative estimate of drug-likeness (QED) is 0.774. The van der Waals surface area contributed by atoms with Gasteiger partial charge in [0.05, 0.1) is 0 Å². The van der Waals surface area contributed by atoms with E-state index in [1.807, 2.05) is 24.3 Å². The average molecular weight is 189 g/mol. The van der Waals surface area contributed by atoms with E-state index in [2.05, 4.69) is 0 Å². The Morgan fingerprint density at radius 1 is 1.36 bits per heavy atom. The molecule has 0 unspecified atom stereocenters. The number of aryl methyl sites for hydroxylation is 1. The van der Waals surface area contributed by atoms with Gasteiger partial charge in [-0.1, -0.05) is 31.0 Å². The van der Waals surface area contributed by atoms with Gasteiger partial charge in [0.2, 0.25) is 5.91 Å². The minimum atomic E-state index is -0.309. The summed E-state index contributed by atoms with van der Waals surface area (Å²) in [5.41, 5.74) is 7.09. The lowest BCUT2D eigenvalue weighted by Crippen LogP contribution is -2.13. The number of hydrogen-bond acceptors (Lipinski definition) is 1. The van der Waals surface area contributed by atoms with Crippen molar-refractivity contribution in [3.05, 3.63) is 35.4 Å². The highest BCUT2D eigenvalue weighted by Gasteiger charge is 2.21. The van der Waals surface area contributed by atoms with Gasteiger partial charge in [0.1, 0.15) is 0 Å². The molecule has 74 valence electrons. The van der Waals surface area contributed by atoms with Gasteiger partial charge in [-0.05, 0) is 30.4 Å². The standard InChI is InChI=1S/C12H15NO/c13-12(14)11-4-2-1-3-10(11)8-7-9-5-6-9/h1-4,9H,5-8H2,(H2,13,14). The van der Waals surface area contributed by atoms with Gasteiger partial charge in [-0.2, -0.15) is 0 Å². The van der Waals surface area contributed by atoms with Crippen LogP contribution in [-0.4, -0.2) is 5.91 Å². The summed E-state index contributed by atoms with van der Waals surface area (Å²) in [6.07, 6.45) is 4.91. The number of primary amides is 1. The molecule has 0 bridgehead atoms. The van der Waals surface area contributed by atoms with E-state index >= 15 is 0 Å². The third-order valence-corrected chi connectivity index (χ3v) is 2.80. The second kappa shape index (κ2) is 3.82. The van der Waals surface area contributed by atoms with Crippen LogP contribution in [0.25, 0.3) is 0 Å². The Balaban J connectivity index is 2.09. The number of rotatable bonds is 4. The number of benzene rings is 1. The molecule has 2 N–H and O–H groups in total. The maximum absolute atomic E-state index is 11.1. The fraction of sp³-hybridized carbons (Fsp3) is 0.417. The summed E-state index contributed by atoms with van der Waals surface area (Å²) in [7, 11) is 0. The normalized spacial score (nSPS) is 15.4. The van der Waals surface area contributed by atoms with Gasteiger partial charge >= 0.3 is 0 Å². The Morgan fingerprint density at radius 3 is 2.71 bits per heavy atom. The second-order valence-corrected chi connectivity index (χ2v) is 4.00. The summed E-state index contributed by atoms with van der Waals surface area (Å²) in [6, 6.07) is 7.64. The number of carbonyl (C=O) groups excluding carboxylic acids is 1. The molecule has 0 atom stereocenters. The molecule has 0 aromatic heterocycles. The van der Waals surface area contributed by atoms with Gasteiger partial charge in [0.25, 0.3) is 0 Å². The van der Waals surface area contributed by atoms with Crippen LogP contribution >= 0.6 is 0 Å². The Hall–Kier alpha value is -1.31. The van der Waals surface area contributed by atoms with E-state index in [1.54, 1.807) is 0 Å². The van der Waals surface area contributed by atoms with E-state index < -0.39 is 0 Å². The van der Waals surface area contributed by atoms with Gasteiger partial charge in [-0.15, -0.1) is 0 Å². The van der Waals surface area contributed by atoms with Gasteiger partial charge in [-0.25, -0.2) is 0 Å². The lowest BCUT2D eigenvalue weighted by atomic mass is 10.0. The van der Waals surface area contributed by atoms with Crippen molar-refractivity contribution in [3.63, 3.8) is 0 Å². The number of amides is 1. The fourth-order valence-corrected chi connectivity index (χ4v) is 1.74. The van der Waals surface area contributed by atoms with E-state index in [4.69, 9.17) is 5.73 Å². The summed E-state index contributed by atoms with van der Waals surface area (Å²) in [5, 5.41) is 0. The van der Waals surface area contributed by atoms with E-state index in [1.165, 1.54) is 19.3 Å². The average Bonchev–Trinajstić information content (AvgIpc) is 2.98. The Kier molecular flexibility index (Phi) is 2.53. The van der Waals surface area contributed by atoms with Crippen LogP contribution in [0.2, 0.25) is 0 Å². The van der Waals surface area contributed by atoms with Crippen molar-refractivity contribution >= 4 is 5.91 Å². The molecule has 0 heterocycles. The SMILES string of the molecule is NC(=O)c1ccccc1CCC1CC1. The van der Waals surface area contributed by atoms with Crippen LogP contribution in [0.5, 0.6) is 0 Å². The molecule has 0 saturated heterocycles. The van der Waals surface area contributed by atoms with Crippen molar-refractivity contribution in [2.45, 2.75) is 25.7 Å². The zero-order valence-corrected chi connectivity index (χ0v) is 8.20. The molecule has 1 aliphatic rings. The van der Waals surface area contributed by atoms with E-state index in [9.17, 15) is 4.79 Å². The van der Waals surface area contributed by atoms with Crippen LogP contribution in [0, 0.1) is 5.92 Å².